The van der Waals surface area contributed by atoms with Crippen LogP contribution in [-0.4, -0.2) is 72.4 Å². The van der Waals surface area contributed by atoms with Crippen LogP contribution in [0.2, 0.25) is 0 Å². The van der Waals surface area contributed by atoms with Crippen LogP contribution in [0.5, 0.6) is 0 Å². The van der Waals surface area contributed by atoms with Crippen molar-refractivity contribution in [2.45, 2.75) is 12.0 Å². The zero-order valence-corrected chi connectivity index (χ0v) is 13.4. The van der Waals surface area contributed by atoms with E-state index in [0.717, 1.165) is 31.9 Å². The van der Waals surface area contributed by atoms with E-state index in [1.54, 1.807) is 11.0 Å². The van der Waals surface area contributed by atoms with Crippen LogP contribution in [0, 0.1) is 0 Å². The van der Waals surface area contributed by atoms with Crippen LogP contribution < -0.4 is 0 Å². The molecule has 2 heterocycles. The Hall–Kier alpha value is -1.69. The molecule has 0 aliphatic carbocycles. The van der Waals surface area contributed by atoms with Crippen molar-refractivity contribution >= 4 is 12.0 Å². The summed E-state index contributed by atoms with van der Waals surface area (Å²) < 4.78 is 5.33. The first-order valence-electron chi connectivity index (χ1n) is 8.19. The van der Waals surface area contributed by atoms with Gasteiger partial charge in [-0.25, -0.2) is 0 Å². The van der Waals surface area contributed by atoms with Crippen LogP contribution in [0.4, 0.5) is 0 Å². The number of amides is 1. The zero-order valence-electron chi connectivity index (χ0n) is 13.4. The molecule has 0 aromatic heterocycles. The Kier molecular flexibility index (Phi) is 5.10. The molecule has 2 saturated heterocycles. The third-order valence-corrected chi connectivity index (χ3v) is 4.48. The van der Waals surface area contributed by atoms with Crippen molar-refractivity contribution in [3.63, 3.8) is 0 Å². The number of carbonyl (C=O) groups is 1. The number of nitrogens with zero attached hydrogens (tertiary/aromatic N) is 2. The Morgan fingerprint density at radius 1 is 1.22 bits per heavy atom. The van der Waals surface area contributed by atoms with Gasteiger partial charge in [0.15, 0.2) is 0 Å². The van der Waals surface area contributed by atoms with Gasteiger partial charge in [0.1, 0.15) is 0 Å². The average molecular weight is 316 g/mol. The first kappa shape index (κ1) is 16.2. The first-order valence-corrected chi connectivity index (χ1v) is 8.19. The number of likely N-dealkylation sites (tertiary alicyclic amines) is 1. The maximum Gasteiger partial charge on any atom is 0.246 e. The van der Waals surface area contributed by atoms with E-state index in [2.05, 4.69) is 4.90 Å². The maximum absolute atomic E-state index is 12.3. The van der Waals surface area contributed by atoms with Crippen LogP contribution in [0.25, 0.3) is 6.08 Å². The molecule has 0 saturated carbocycles. The number of rotatable bonds is 4. The number of benzene rings is 1. The highest BCUT2D eigenvalue weighted by molar-refractivity contribution is 5.92. The highest BCUT2D eigenvalue weighted by Gasteiger charge is 2.39. The summed E-state index contributed by atoms with van der Waals surface area (Å²) in [4.78, 5) is 16.2. The van der Waals surface area contributed by atoms with Crippen LogP contribution in [0.1, 0.15) is 12.0 Å². The molecule has 23 heavy (non-hydrogen) atoms. The third kappa shape index (κ3) is 4.41. The molecule has 2 fully saturated rings. The lowest BCUT2D eigenvalue weighted by Crippen LogP contribution is -2.49. The summed E-state index contributed by atoms with van der Waals surface area (Å²) in [6, 6.07) is 9.76. The molecule has 5 nitrogen and oxygen atoms in total. The monoisotopic (exact) mass is 316 g/mol. The molecule has 2 aliphatic heterocycles. The minimum atomic E-state index is -0.798. The van der Waals surface area contributed by atoms with Crippen molar-refractivity contribution in [2.75, 3.05) is 45.9 Å². The summed E-state index contributed by atoms with van der Waals surface area (Å²) in [5.41, 5.74) is 0.205. The van der Waals surface area contributed by atoms with Gasteiger partial charge in [0.05, 0.1) is 25.4 Å². The number of ether oxygens (including phenoxy) is 1. The van der Waals surface area contributed by atoms with Crippen LogP contribution in [-0.2, 0) is 9.53 Å². The maximum atomic E-state index is 12.3. The Balaban J connectivity index is 1.53. The lowest BCUT2D eigenvalue weighted by atomic mass is 10.0. The standard InChI is InChI=1S/C18H24N2O3/c21-17(7-6-16-4-2-1-3-5-16)20-9-8-18(22,15-20)14-19-10-12-23-13-11-19/h1-7,22H,8-15H2/b7-6+. The quantitative estimate of drug-likeness (QED) is 0.842. The second-order valence-electron chi connectivity index (χ2n) is 6.37. The van der Waals surface area contributed by atoms with Gasteiger partial charge in [-0.15, -0.1) is 0 Å². The smallest absolute Gasteiger partial charge is 0.246 e. The summed E-state index contributed by atoms with van der Waals surface area (Å²) in [6.07, 6.45) is 4.05. The molecule has 0 spiro atoms. The number of hydrogen-bond acceptors (Lipinski definition) is 4. The van der Waals surface area contributed by atoms with E-state index < -0.39 is 5.60 Å². The van der Waals surface area contributed by atoms with Gasteiger partial charge in [-0.1, -0.05) is 30.3 Å². The molecule has 5 heteroatoms. The lowest BCUT2D eigenvalue weighted by molar-refractivity contribution is -0.126. The third-order valence-electron chi connectivity index (χ3n) is 4.48. The molecule has 0 bridgehead atoms. The number of β-amino-alcohol motifs (C(OH)–C–C–N with tert-alkyl or cyclic N) is 1. The van der Waals surface area contributed by atoms with E-state index in [1.807, 2.05) is 36.4 Å². The number of hydrogen-bond donors (Lipinski definition) is 1. The Morgan fingerprint density at radius 3 is 2.70 bits per heavy atom. The Bertz CT molecular complexity index is 555. The summed E-state index contributed by atoms with van der Waals surface area (Å²) >= 11 is 0. The van der Waals surface area contributed by atoms with E-state index in [-0.39, 0.29) is 5.91 Å². The minimum absolute atomic E-state index is 0.0354. The molecule has 2 aliphatic rings. The van der Waals surface area contributed by atoms with E-state index in [4.69, 9.17) is 4.74 Å². The molecule has 124 valence electrons. The van der Waals surface area contributed by atoms with Crippen LogP contribution in [0.15, 0.2) is 36.4 Å². The topological polar surface area (TPSA) is 53.0 Å². The molecular formula is C18H24N2O3. The summed E-state index contributed by atoms with van der Waals surface area (Å²) in [5, 5.41) is 10.7. The molecule has 0 radical (unpaired) electrons. The van der Waals surface area contributed by atoms with Crippen molar-refractivity contribution in [1.82, 2.24) is 9.80 Å². The summed E-state index contributed by atoms with van der Waals surface area (Å²) in [6.45, 7) is 4.77. The van der Waals surface area contributed by atoms with Crippen molar-refractivity contribution in [1.29, 1.82) is 0 Å². The molecule has 1 aromatic carbocycles. The van der Waals surface area contributed by atoms with E-state index in [1.165, 1.54) is 0 Å². The van der Waals surface area contributed by atoms with Gasteiger partial charge >= 0.3 is 0 Å². The van der Waals surface area contributed by atoms with E-state index >= 15 is 0 Å². The van der Waals surface area contributed by atoms with Gasteiger partial charge in [0, 0.05) is 32.3 Å². The van der Waals surface area contributed by atoms with Crippen molar-refractivity contribution < 1.29 is 14.6 Å². The SMILES string of the molecule is O=C(/C=C/c1ccccc1)N1CCC(O)(CN2CCOCC2)C1. The minimum Gasteiger partial charge on any atom is -0.387 e. The molecular weight excluding hydrogens is 292 g/mol. The molecule has 3 rings (SSSR count). The molecule has 1 aromatic rings. The molecule has 1 N–H and O–H groups in total. The predicted molar refractivity (Wildman–Crippen MR) is 88.9 cm³/mol. The van der Waals surface area contributed by atoms with Crippen molar-refractivity contribution in [3.05, 3.63) is 42.0 Å². The number of carbonyl (C=O) groups excluding carboxylic acids is 1. The number of aliphatic hydroxyl groups is 1. The zero-order chi connectivity index (χ0) is 16.1. The van der Waals surface area contributed by atoms with Gasteiger partial charge in [-0.3, -0.25) is 9.69 Å². The van der Waals surface area contributed by atoms with Crippen molar-refractivity contribution in [2.24, 2.45) is 0 Å². The highest BCUT2D eigenvalue weighted by atomic mass is 16.5. The fourth-order valence-electron chi connectivity index (χ4n) is 3.19. The number of morpholine rings is 1. The second-order valence-corrected chi connectivity index (χ2v) is 6.37. The van der Waals surface area contributed by atoms with Gasteiger partial charge in [-0.05, 0) is 18.1 Å². The Labute approximate surface area is 137 Å². The van der Waals surface area contributed by atoms with Gasteiger partial charge in [0.25, 0.3) is 0 Å². The normalized spacial score (nSPS) is 26.0. The van der Waals surface area contributed by atoms with Gasteiger partial charge < -0.3 is 14.7 Å². The summed E-state index contributed by atoms with van der Waals surface area (Å²) in [5.74, 6) is -0.0354. The highest BCUT2D eigenvalue weighted by Crippen LogP contribution is 2.23. The molecule has 1 unspecified atom stereocenters. The lowest BCUT2D eigenvalue weighted by Gasteiger charge is -2.33. The second kappa shape index (κ2) is 7.25. The van der Waals surface area contributed by atoms with E-state index in [9.17, 15) is 9.90 Å². The van der Waals surface area contributed by atoms with Crippen LogP contribution in [0.3, 0.4) is 0 Å². The predicted octanol–water partition coefficient (Wildman–Crippen LogP) is 0.995. The van der Waals surface area contributed by atoms with E-state index in [0.29, 0.717) is 26.1 Å². The largest absolute Gasteiger partial charge is 0.387 e. The summed E-state index contributed by atoms with van der Waals surface area (Å²) in [7, 11) is 0. The fraction of sp³-hybridized carbons (Fsp3) is 0.500. The molecule has 1 atom stereocenters. The fourth-order valence-corrected chi connectivity index (χ4v) is 3.19. The van der Waals surface area contributed by atoms with Gasteiger partial charge in [-0.2, -0.15) is 0 Å². The Morgan fingerprint density at radius 2 is 1.96 bits per heavy atom. The van der Waals surface area contributed by atoms with Crippen LogP contribution >= 0.6 is 0 Å². The average Bonchev–Trinajstić information content (AvgIpc) is 2.96. The van der Waals surface area contributed by atoms with Gasteiger partial charge in [0.2, 0.25) is 5.91 Å². The first-order chi connectivity index (χ1) is 11.1. The van der Waals surface area contributed by atoms with Crippen molar-refractivity contribution in [3.8, 4) is 0 Å². The molecule has 1 amide bonds.